The molecule has 0 aliphatic rings. The molecular weight excluding hydrogens is 238 g/mol. The van der Waals surface area contributed by atoms with Crippen LogP contribution < -0.4 is 5.32 Å². The maximum absolute atomic E-state index is 12.0. The highest BCUT2D eigenvalue weighted by molar-refractivity contribution is 6.02. The molecule has 3 aromatic rings. The number of anilines is 1. The smallest absolute Gasteiger partial charge is 0.232 e. The molecule has 0 fully saturated rings. The van der Waals surface area contributed by atoms with Crippen molar-refractivity contribution >= 4 is 22.4 Å². The zero-order valence-corrected chi connectivity index (χ0v) is 10.3. The molecular formula is C16H13NO2. The maximum Gasteiger partial charge on any atom is 0.232 e. The minimum absolute atomic E-state index is 0.0775. The quantitative estimate of drug-likeness (QED) is 0.772. The number of benzene rings is 2. The second-order valence-electron chi connectivity index (χ2n) is 4.33. The standard InChI is InChI=1S/C16H13NO2/c18-16(11-13-7-4-10-19-13)17-15-9-3-6-12-5-1-2-8-14(12)15/h1-10H,11H2,(H,17,18). The van der Waals surface area contributed by atoms with Gasteiger partial charge in [0.25, 0.3) is 0 Å². The van der Waals surface area contributed by atoms with Crippen molar-refractivity contribution in [2.45, 2.75) is 6.42 Å². The van der Waals surface area contributed by atoms with Gasteiger partial charge in [0, 0.05) is 11.1 Å². The summed E-state index contributed by atoms with van der Waals surface area (Å²) in [6.45, 7) is 0. The second-order valence-corrected chi connectivity index (χ2v) is 4.33. The van der Waals surface area contributed by atoms with E-state index in [-0.39, 0.29) is 12.3 Å². The fourth-order valence-electron chi connectivity index (χ4n) is 2.10. The van der Waals surface area contributed by atoms with Gasteiger partial charge in [0.05, 0.1) is 12.7 Å². The summed E-state index contributed by atoms with van der Waals surface area (Å²) in [5.74, 6) is 0.587. The predicted molar refractivity (Wildman–Crippen MR) is 75.0 cm³/mol. The van der Waals surface area contributed by atoms with Crippen LogP contribution in [-0.2, 0) is 11.2 Å². The molecule has 1 aromatic heterocycles. The summed E-state index contributed by atoms with van der Waals surface area (Å²) in [4.78, 5) is 12.0. The lowest BCUT2D eigenvalue weighted by molar-refractivity contribution is -0.115. The van der Waals surface area contributed by atoms with Gasteiger partial charge in [0.1, 0.15) is 5.76 Å². The van der Waals surface area contributed by atoms with Gasteiger partial charge < -0.3 is 9.73 Å². The molecule has 0 unspecified atom stereocenters. The molecule has 0 bridgehead atoms. The van der Waals surface area contributed by atoms with E-state index in [9.17, 15) is 4.79 Å². The third kappa shape index (κ3) is 2.50. The van der Waals surface area contributed by atoms with Crippen molar-refractivity contribution in [1.29, 1.82) is 0 Å². The molecule has 1 N–H and O–H groups in total. The van der Waals surface area contributed by atoms with E-state index in [0.717, 1.165) is 16.5 Å². The van der Waals surface area contributed by atoms with Gasteiger partial charge in [-0.3, -0.25) is 4.79 Å². The van der Waals surface area contributed by atoms with Crippen molar-refractivity contribution in [3.8, 4) is 0 Å². The molecule has 1 amide bonds. The molecule has 0 saturated carbocycles. The number of hydrogen-bond donors (Lipinski definition) is 1. The Morgan fingerprint density at radius 1 is 1.00 bits per heavy atom. The molecule has 94 valence electrons. The van der Waals surface area contributed by atoms with Crippen molar-refractivity contribution < 1.29 is 9.21 Å². The van der Waals surface area contributed by atoms with Gasteiger partial charge in [-0.1, -0.05) is 36.4 Å². The van der Waals surface area contributed by atoms with Gasteiger partial charge in [-0.05, 0) is 23.6 Å². The first kappa shape index (κ1) is 11.5. The first-order valence-corrected chi connectivity index (χ1v) is 6.13. The monoisotopic (exact) mass is 251 g/mol. The minimum atomic E-state index is -0.0775. The Kier molecular flexibility index (Phi) is 3.02. The van der Waals surface area contributed by atoms with Gasteiger partial charge in [0.2, 0.25) is 5.91 Å². The van der Waals surface area contributed by atoms with Crippen molar-refractivity contribution in [2.75, 3.05) is 5.32 Å². The first-order valence-electron chi connectivity index (χ1n) is 6.13. The number of carbonyl (C=O) groups excluding carboxylic acids is 1. The molecule has 0 atom stereocenters. The van der Waals surface area contributed by atoms with E-state index >= 15 is 0 Å². The van der Waals surface area contributed by atoms with Crippen LogP contribution in [0.4, 0.5) is 5.69 Å². The summed E-state index contributed by atoms with van der Waals surface area (Å²) in [6.07, 6.45) is 1.82. The molecule has 3 rings (SSSR count). The van der Waals surface area contributed by atoms with Crippen molar-refractivity contribution in [2.24, 2.45) is 0 Å². The zero-order valence-electron chi connectivity index (χ0n) is 10.3. The van der Waals surface area contributed by atoms with Gasteiger partial charge in [-0.2, -0.15) is 0 Å². The third-order valence-corrected chi connectivity index (χ3v) is 2.98. The summed E-state index contributed by atoms with van der Waals surface area (Å²) in [5.41, 5.74) is 0.828. The van der Waals surface area contributed by atoms with Crippen LogP contribution >= 0.6 is 0 Å². The molecule has 0 saturated heterocycles. The molecule has 0 aliphatic heterocycles. The average Bonchev–Trinajstić information content (AvgIpc) is 2.92. The SMILES string of the molecule is O=C(Cc1ccco1)Nc1cccc2ccccc12. The molecule has 0 aliphatic carbocycles. The number of nitrogens with one attached hydrogen (secondary N) is 1. The van der Waals surface area contributed by atoms with Gasteiger partial charge in [-0.15, -0.1) is 0 Å². The first-order chi connectivity index (χ1) is 9.33. The van der Waals surface area contributed by atoms with Gasteiger partial charge in [-0.25, -0.2) is 0 Å². The van der Waals surface area contributed by atoms with Gasteiger partial charge in [0.15, 0.2) is 0 Å². The fraction of sp³-hybridized carbons (Fsp3) is 0.0625. The molecule has 1 heterocycles. The number of rotatable bonds is 3. The highest BCUT2D eigenvalue weighted by atomic mass is 16.3. The lowest BCUT2D eigenvalue weighted by Gasteiger charge is -2.07. The predicted octanol–water partition coefficient (Wildman–Crippen LogP) is 3.61. The maximum atomic E-state index is 12.0. The Labute approximate surface area is 110 Å². The number of carbonyl (C=O) groups is 1. The van der Waals surface area contributed by atoms with E-state index in [1.165, 1.54) is 0 Å². The lowest BCUT2D eigenvalue weighted by Crippen LogP contribution is -2.14. The van der Waals surface area contributed by atoms with E-state index in [2.05, 4.69) is 5.32 Å². The zero-order chi connectivity index (χ0) is 13.1. The van der Waals surface area contributed by atoms with E-state index in [1.807, 2.05) is 42.5 Å². The van der Waals surface area contributed by atoms with E-state index < -0.39 is 0 Å². The number of amides is 1. The second kappa shape index (κ2) is 4.98. The molecule has 0 radical (unpaired) electrons. The third-order valence-electron chi connectivity index (χ3n) is 2.98. The largest absolute Gasteiger partial charge is 0.469 e. The Hall–Kier alpha value is -2.55. The van der Waals surface area contributed by atoms with Crippen LogP contribution in [0.1, 0.15) is 5.76 Å². The Morgan fingerprint density at radius 2 is 1.84 bits per heavy atom. The molecule has 19 heavy (non-hydrogen) atoms. The summed E-state index contributed by atoms with van der Waals surface area (Å²) >= 11 is 0. The number of hydrogen-bond acceptors (Lipinski definition) is 2. The van der Waals surface area contributed by atoms with Crippen LogP contribution in [0.3, 0.4) is 0 Å². The highest BCUT2D eigenvalue weighted by Gasteiger charge is 2.07. The van der Waals surface area contributed by atoms with Crippen LogP contribution in [0, 0.1) is 0 Å². The molecule has 3 heteroatoms. The van der Waals surface area contributed by atoms with Crippen molar-refractivity contribution in [1.82, 2.24) is 0 Å². The fourth-order valence-corrected chi connectivity index (χ4v) is 2.10. The minimum Gasteiger partial charge on any atom is -0.469 e. The molecule has 3 nitrogen and oxygen atoms in total. The lowest BCUT2D eigenvalue weighted by atomic mass is 10.1. The number of furan rings is 1. The van der Waals surface area contributed by atoms with Gasteiger partial charge >= 0.3 is 0 Å². The summed E-state index contributed by atoms with van der Waals surface area (Å²) in [7, 11) is 0. The summed E-state index contributed by atoms with van der Waals surface area (Å²) in [5, 5.41) is 5.07. The number of fused-ring (bicyclic) bond motifs is 1. The topological polar surface area (TPSA) is 42.2 Å². The summed E-state index contributed by atoms with van der Waals surface area (Å²) in [6, 6.07) is 17.4. The van der Waals surface area contributed by atoms with Crippen LogP contribution in [-0.4, -0.2) is 5.91 Å². The summed E-state index contributed by atoms with van der Waals surface area (Å²) < 4.78 is 5.17. The van der Waals surface area contributed by atoms with Crippen LogP contribution in [0.2, 0.25) is 0 Å². The van der Waals surface area contributed by atoms with Crippen molar-refractivity contribution in [3.63, 3.8) is 0 Å². The normalized spacial score (nSPS) is 10.5. The Bertz CT molecular complexity index is 696. The Balaban J connectivity index is 1.83. The molecule has 0 spiro atoms. The molecule has 2 aromatic carbocycles. The van der Waals surface area contributed by atoms with E-state index in [0.29, 0.717) is 5.76 Å². The van der Waals surface area contributed by atoms with Crippen LogP contribution in [0.25, 0.3) is 10.8 Å². The van der Waals surface area contributed by atoms with E-state index in [4.69, 9.17) is 4.42 Å². The van der Waals surface area contributed by atoms with Crippen LogP contribution in [0.15, 0.2) is 65.3 Å². The average molecular weight is 251 g/mol. The highest BCUT2D eigenvalue weighted by Crippen LogP contribution is 2.23. The van der Waals surface area contributed by atoms with Crippen molar-refractivity contribution in [3.05, 3.63) is 66.6 Å². The van der Waals surface area contributed by atoms with E-state index in [1.54, 1.807) is 18.4 Å². The van der Waals surface area contributed by atoms with Crippen LogP contribution in [0.5, 0.6) is 0 Å². The Morgan fingerprint density at radius 3 is 2.68 bits per heavy atom.